The first-order valence-electron chi connectivity index (χ1n) is 7.81. The smallest absolute Gasteiger partial charge is 0.227 e. The summed E-state index contributed by atoms with van der Waals surface area (Å²) in [6, 6.07) is 8.30. The topological polar surface area (TPSA) is 44.4 Å². The average molecular weight is 289 g/mol. The highest BCUT2D eigenvalue weighted by Gasteiger charge is 2.21. The Morgan fingerprint density at radius 3 is 2.43 bits per heavy atom. The van der Waals surface area contributed by atoms with E-state index < -0.39 is 0 Å². The molecule has 0 aliphatic carbocycles. The molecule has 2 rings (SSSR count). The van der Waals surface area contributed by atoms with Gasteiger partial charge in [0.05, 0.1) is 0 Å². The largest absolute Gasteiger partial charge is 0.312 e. The second kappa shape index (κ2) is 7.05. The number of nitrogens with one attached hydrogen (secondary N) is 2. The fraction of sp³-hybridized carbons (Fsp3) is 0.588. The van der Waals surface area contributed by atoms with Gasteiger partial charge in [-0.05, 0) is 44.9 Å². The minimum atomic E-state index is 0.172. The van der Waals surface area contributed by atoms with Gasteiger partial charge in [-0.1, -0.05) is 12.1 Å². The fourth-order valence-electron chi connectivity index (χ4n) is 2.47. The number of hydrogen-bond acceptors (Lipinski definition) is 3. The molecule has 2 N–H and O–H groups in total. The molecule has 0 radical (unpaired) electrons. The van der Waals surface area contributed by atoms with Crippen LogP contribution in [0.25, 0.3) is 0 Å². The van der Waals surface area contributed by atoms with E-state index in [1.807, 2.05) is 17.0 Å². The number of carbonyl (C=O) groups excluding carboxylic acids is 1. The minimum Gasteiger partial charge on any atom is -0.312 e. The van der Waals surface area contributed by atoms with Crippen molar-refractivity contribution in [1.29, 1.82) is 0 Å². The third kappa shape index (κ3) is 5.14. The summed E-state index contributed by atoms with van der Waals surface area (Å²) in [5, 5.41) is 6.88. The number of benzene rings is 1. The normalized spacial score (nSPS) is 15.8. The highest BCUT2D eigenvalue weighted by atomic mass is 16.2. The molecular formula is C17H27N3O. The van der Waals surface area contributed by atoms with E-state index in [9.17, 15) is 4.79 Å². The van der Waals surface area contributed by atoms with E-state index in [0.717, 1.165) is 38.3 Å². The number of carbonyl (C=O) groups is 1. The van der Waals surface area contributed by atoms with E-state index >= 15 is 0 Å². The molecule has 0 spiro atoms. The van der Waals surface area contributed by atoms with Gasteiger partial charge in [-0.15, -0.1) is 0 Å². The van der Waals surface area contributed by atoms with E-state index in [4.69, 9.17) is 0 Å². The molecule has 1 aromatic carbocycles. The van der Waals surface area contributed by atoms with Crippen LogP contribution < -0.4 is 15.5 Å². The standard InChI is InChI=1S/C17H27N3O/c1-17(2,3)19-11-10-18-13-14-6-8-15(9-7-14)20-12-4-5-16(20)21/h6-9,18-19H,4-5,10-13H2,1-3H3. The van der Waals surface area contributed by atoms with Gasteiger partial charge in [-0.3, -0.25) is 4.79 Å². The summed E-state index contributed by atoms with van der Waals surface area (Å²) in [5.41, 5.74) is 2.45. The van der Waals surface area contributed by atoms with Crippen LogP contribution >= 0.6 is 0 Å². The Bertz CT molecular complexity index is 462. The zero-order valence-electron chi connectivity index (χ0n) is 13.4. The molecule has 1 saturated heterocycles. The maximum absolute atomic E-state index is 11.7. The lowest BCUT2D eigenvalue weighted by Gasteiger charge is -2.20. The van der Waals surface area contributed by atoms with Gasteiger partial charge in [0.1, 0.15) is 0 Å². The van der Waals surface area contributed by atoms with Crippen molar-refractivity contribution >= 4 is 11.6 Å². The van der Waals surface area contributed by atoms with E-state index in [2.05, 4.69) is 43.5 Å². The quantitative estimate of drug-likeness (QED) is 0.790. The Morgan fingerprint density at radius 2 is 1.86 bits per heavy atom. The van der Waals surface area contributed by atoms with Crippen LogP contribution in [0.1, 0.15) is 39.2 Å². The van der Waals surface area contributed by atoms with Crippen molar-refractivity contribution in [3.05, 3.63) is 29.8 Å². The second-order valence-electron chi connectivity index (χ2n) is 6.67. The summed E-state index contributed by atoms with van der Waals surface area (Å²) in [7, 11) is 0. The molecule has 0 unspecified atom stereocenters. The average Bonchev–Trinajstić information content (AvgIpc) is 2.84. The maximum atomic E-state index is 11.7. The van der Waals surface area contributed by atoms with Crippen LogP contribution in [0.4, 0.5) is 5.69 Å². The molecule has 1 heterocycles. The third-order valence-electron chi connectivity index (χ3n) is 3.61. The fourth-order valence-corrected chi connectivity index (χ4v) is 2.47. The van der Waals surface area contributed by atoms with Gasteiger partial charge in [0.2, 0.25) is 5.91 Å². The van der Waals surface area contributed by atoms with Crippen LogP contribution in [0.3, 0.4) is 0 Å². The van der Waals surface area contributed by atoms with Crippen LogP contribution in [0.15, 0.2) is 24.3 Å². The zero-order valence-corrected chi connectivity index (χ0v) is 13.4. The second-order valence-corrected chi connectivity index (χ2v) is 6.67. The summed E-state index contributed by atoms with van der Waals surface area (Å²) >= 11 is 0. The summed E-state index contributed by atoms with van der Waals surface area (Å²) in [6.45, 7) is 10.1. The minimum absolute atomic E-state index is 0.172. The van der Waals surface area contributed by atoms with Crippen molar-refractivity contribution in [1.82, 2.24) is 10.6 Å². The molecule has 0 atom stereocenters. The predicted octanol–water partition coefficient (Wildman–Crippen LogP) is 2.29. The van der Waals surface area contributed by atoms with Crippen molar-refractivity contribution < 1.29 is 4.79 Å². The van der Waals surface area contributed by atoms with Gasteiger partial charge < -0.3 is 15.5 Å². The molecular weight excluding hydrogens is 262 g/mol. The molecule has 4 heteroatoms. The predicted molar refractivity (Wildman–Crippen MR) is 87.5 cm³/mol. The Hall–Kier alpha value is -1.39. The number of hydrogen-bond donors (Lipinski definition) is 2. The third-order valence-corrected chi connectivity index (χ3v) is 3.61. The SMILES string of the molecule is CC(C)(C)NCCNCc1ccc(N2CCCC2=O)cc1. The van der Waals surface area contributed by atoms with E-state index in [0.29, 0.717) is 6.42 Å². The van der Waals surface area contributed by atoms with Gasteiger partial charge in [-0.2, -0.15) is 0 Å². The maximum Gasteiger partial charge on any atom is 0.227 e. The molecule has 1 fully saturated rings. The number of nitrogens with zero attached hydrogens (tertiary/aromatic N) is 1. The summed E-state index contributed by atoms with van der Waals surface area (Å²) in [5.74, 6) is 0.245. The van der Waals surface area contributed by atoms with Gasteiger partial charge in [-0.25, -0.2) is 0 Å². The molecule has 1 aliphatic rings. The lowest BCUT2D eigenvalue weighted by molar-refractivity contribution is -0.117. The molecule has 21 heavy (non-hydrogen) atoms. The highest BCUT2D eigenvalue weighted by molar-refractivity contribution is 5.95. The van der Waals surface area contributed by atoms with E-state index in [1.54, 1.807) is 0 Å². The Labute approximate surface area is 127 Å². The number of anilines is 1. The summed E-state index contributed by atoms with van der Waals surface area (Å²) in [6.07, 6.45) is 1.66. The molecule has 0 saturated carbocycles. The van der Waals surface area contributed by atoms with Crippen LogP contribution in [0.2, 0.25) is 0 Å². The molecule has 0 aromatic heterocycles. The molecule has 0 bridgehead atoms. The monoisotopic (exact) mass is 289 g/mol. The Balaban J connectivity index is 1.74. The summed E-state index contributed by atoms with van der Waals surface area (Å²) < 4.78 is 0. The summed E-state index contributed by atoms with van der Waals surface area (Å²) in [4.78, 5) is 13.6. The first-order chi connectivity index (χ1) is 9.96. The lowest BCUT2D eigenvalue weighted by atomic mass is 10.1. The zero-order chi connectivity index (χ0) is 15.3. The van der Waals surface area contributed by atoms with Crippen LogP contribution in [-0.2, 0) is 11.3 Å². The molecule has 116 valence electrons. The first-order valence-corrected chi connectivity index (χ1v) is 7.81. The van der Waals surface area contributed by atoms with Gasteiger partial charge in [0, 0.05) is 43.8 Å². The van der Waals surface area contributed by atoms with Gasteiger partial charge >= 0.3 is 0 Å². The first kappa shape index (κ1) is 16.0. The molecule has 1 amide bonds. The van der Waals surface area contributed by atoms with Crippen molar-refractivity contribution in [3.8, 4) is 0 Å². The molecule has 4 nitrogen and oxygen atoms in total. The molecule has 1 aromatic rings. The molecule has 1 aliphatic heterocycles. The van der Waals surface area contributed by atoms with Crippen LogP contribution in [0.5, 0.6) is 0 Å². The van der Waals surface area contributed by atoms with E-state index in [-0.39, 0.29) is 11.4 Å². The highest BCUT2D eigenvalue weighted by Crippen LogP contribution is 2.21. The van der Waals surface area contributed by atoms with E-state index in [1.165, 1.54) is 5.56 Å². The Morgan fingerprint density at radius 1 is 1.14 bits per heavy atom. The lowest BCUT2D eigenvalue weighted by Crippen LogP contribution is -2.40. The van der Waals surface area contributed by atoms with Crippen LogP contribution in [-0.4, -0.2) is 31.1 Å². The van der Waals surface area contributed by atoms with Crippen LogP contribution in [0, 0.1) is 0 Å². The van der Waals surface area contributed by atoms with Crippen molar-refractivity contribution in [2.75, 3.05) is 24.5 Å². The van der Waals surface area contributed by atoms with Crippen molar-refractivity contribution in [3.63, 3.8) is 0 Å². The van der Waals surface area contributed by atoms with Crippen molar-refractivity contribution in [2.24, 2.45) is 0 Å². The van der Waals surface area contributed by atoms with Gasteiger partial charge in [0.25, 0.3) is 0 Å². The van der Waals surface area contributed by atoms with Crippen molar-refractivity contribution in [2.45, 2.75) is 45.7 Å². The van der Waals surface area contributed by atoms with Gasteiger partial charge in [0.15, 0.2) is 0 Å². The number of rotatable bonds is 6. The Kier molecular flexibility index (Phi) is 5.37. The number of amides is 1.